The molecule has 0 aromatic rings. The number of carbonyl (C=O) groups excluding carboxylic acids is 1. The number of piperidine rings is 1. The van der Waals surface area contributed by atoms with E-state index in [0.29, 0.717) is 24.9 Å². The number of hydrogen-bond acceptors (Lipinski definition) is 3. The van der Waals surface area contributed by atoms with Crippen LogP contribution in [0.3, 0.4) is 0 Å². The fourth-order valence-corrected chi connectivity index (χ4v) is 3.70. The van der Waals surface area contributed by atoms with E-state index in [4.69, 9.17) is 4.74 Å². The standard InChI is InChI=1S/C16H27NO4/c1-16(2,3)21-15(20)17-9-7-11(8-10-17)12-5-4-6-13(12)14(18)19/h11-13H,4-10H2,1-3H3,(H,18,19). The maximum atomic E-state index is 12.0. The molecular weight excluding hydrogens is 270 g/mol. The lowest BCUT2D eigenvalue weighted by molar-refractivity contribution is -0.143. The Bertz CT molecular complexity index is 394. The molecule has 1 aliphatic heterocycles. The second kappa shape index (κ2) is 6.24. The van der Waals surface area contributed by atoms with Crippen molar-refractivity contribution in [3.8, 4) is 0 Å². The van der Waals surface area contributed by atoms with Gasteiger partial charge in [0.15, 0.2) is 0 Å². The number of aliphatic carboxylic acids is 1. The largest absolute Gasteiger partial charge is 0.481 e. The number of carboxylic acids is 1. The Kier molecular flexibility index (Phi) is 4.79. The number of rotatable bonds is 2. The number of amides is 1. The fourth-order valence-electron chi connectivity index (χ4n) is 3.70. The van der Waals surface area contributed by atoms with E-state index in [-0.39, 0.29) is 12.0 Å². The average Bonchev–Trinajstić information content (AvgIpc) is 2.86. The molecule has 0 bridgehead atoms. The molecule has 2 unspecified atom stereocenters. The first-order chi connectivity index (χ1) is 9.78. The molecular formula is C16H27NO4. The van der Waals surface area contributed by atoms with Gasteiger partial charge >= 0.3 is 12.1 Å². The highest BCUT2D eigenvalue weighted by Gasteiger charge is 2.39. The highest BCUT2D eigenvalue weighted by atomic mass is 16.6. The Labute approximate surface area is 126 Å². The third kappa shape index (κ3) is 4.11. The minimum absolute atomic E-state index is 0.178. The first-order valence-electron chi connectivity index (χ1n) is 7.98. The van der Waals surface area contributed by atoms with Crippen molar-refractivity contribution in [1.82, 2.24) is 4.90 Å². The SMILES string of the molecule is CC(C)(C)OC(=O)N1CCC(C2CCCC2C(=O)O)CC1. The summed E-state index contributed by atoms with van der Waals surface area (Å²) in [6.45, 7) is 6.97. The number of hydrogen-bond donors (Lipinski definition) is 1. The minimum atomic E-state index is -0.646. The molecule has 2 rings (SSSR count). The van der Waals surface area contributed by atoms with Crippen molar-refractivity contribution in [3.05, 3.63) is 0 Å². The van der Waals surface area contributed by atoms with Gasteiger partial charge in [0.25, 0.3) is 0 Å². The van der Waals surface area contributed by atoms with Gasteiger partial charge in [-0.3, -0.25) is 4.79 Å². The quantitative estimate of drug-likeness (QED) is 0.850. The summed E-state index contributed by atoms with van der Waals surface area (Å²) in [6, 6.07) is 0. The summed E-state index contributed by atoms with van der Waals surface area (Å²) in [5, 5.41) is 9.30. The summed E-state index contributed by atoms with van der Waals surface area (Å²) in [6.07, 6.45) is 4.40. The van der Waals surface area contributed by atoms with Crippen LogP contribution in [0, 0.1) is 17.8 Å². The van der Waals surface area contributed by atoms with Gasteiger partial charge in [-0.1, -0.05) is 6.42 Å². The molecule has 2 fully saturated rings. The highest BCUT2D eigenvalue weighted by molar-refractivity contribution is 5.71. The Morgan fingerprint density at radius 1 is 1.10 bits per heavy atom. The Hall–Kier alpha value is -1.26. The van der Waals surface area contributed by atoms with Gasteiger partial charge < -0.3 is 14.7 Å². The van der Waals surface area contributed by atoms with Crippen molar-refractivity contribution in [3.63, 3.8) is 0 Å². The summed E-state index contributed by atoms with van der Waals surface area (Å²) in [7, 11) is 0. The van der Waals surface area contributed by atoms with Crippen molar-refractivity contribution in [2.75, 3.05) is 13.1 Å². The van der Waals surface area contributed by atoms with Gasteiger partial charge in [0.1, 0.15) is 5.60 Å². The maximum Gasteiger partial charge on any atom is 0.410 e. The van der Waals surface area contributed by atoms with Gasteiger partial charge in [-0.25, -0.2) is 4.79 Å². The molecule has 1 N–H and O–H groups in total. The molecule has 2 atom stereocenters. The predicted octanol–water partition coefficient (Wildman–Crippen LogP) is 3.13. The van der Waals surface area contributed by atoms with Gasteiger partial charge in [0.2, 0.25) is 0 Å². The zero-order valence-corrected chi connectivity index (χ0v) is 13.3. The summed E-state index contributed by atoms with van der Waals surface area (Å²) in [4.78, 5) is 25.1. The van der Waals surface area contributed by atoms with Crippen LogP contribution < -0.4 is 0 Å². The van der Waals surface area contributed by atoms with Crippen LogP contribution in [-0.4, -0.2) is 40.8 Å². The molecule has 0 spiro atoms. The summed E-state index contributed by atoms with van der Waals surface area (Å²) in [5.74, 6) is -0.0919. The second-order valence-corrected chi connectivity index (χ2v) is 7.34. The summed E-state index contributed by atoms with van der Waals surface area (Å²) >= 11 is 0. The number of carbonyl (C=O) groups is 2. The van der Waals surface area contributed by atoms with Crippen LogP contribution in [0.15, 0.2) is 0 Å². The van der Waals surface area contributed by atoms with E-state index in [9.17, 15) is 14.7 Å². The lowest BCUT2D eigenvalue weighted by atomic mass is 9.78. The van der Waals surface area contributed by atoms with E-state index in [2.05, 4.69) is 0 Å². The van der Waals surface area contributed by atoms with Gasteiger partial charge in [0.05, 0.1) is 5.92 Å². The molecule has 5 nitrogen and oxygen atoms in total. The molecule has 5 heteroatoms. The van der Waals surface area contributed by atoms with Crippen LogP contribution >= 0.6 is 0 Å². The molecule has 120 valence electrons. The third-order valence-electron chi connectivity index (χ3n) is 4.68. The van der Waals surface area contributed by atoms with Crippen LogP contribution in [0.1, 0.15) is 52.9 Å². The Morgan fingerprint density at radius 2 is 1.71 bits per heavy atom. The van der Waals surface area contributed by atoms with Crippen molar-refractivity contribution in [2.24, 2.45) is 17.8 Å². The van der Waals surface area contributed by atoms with Crippen LogP contribution in [0.25, 0.3) is 0 Å². The minimum Gasteiger partial charge on any atom is -0.481 e. The lowest BCUT2D eigenvalue weighted by Gasteiger charge is -2.36. The van der Waals surface area contributed by atoms with Gasteiger partial charge in [-0.2, -0.15) is 0 Å². The molecule has 21 heavy (non-hydrogen) atoms. The summed E-state index contributed by atoms with van der Waals surface area (Å²) in [5.41, 5.74) is -0.464. The smallest absolute Gasteiger partial charge is 0.410 e. The Morgan fingerprint density at radius 3 is 2.24 bits per heavy atom. The first kappa shape index (κ1) is 16.1. The third-order valence-corrected chi connectivity index (χ3v) is 4.68. The van der Waals surface area contributed by atoms with Crippen LogP contribution in [0.4, 0.5) is 4.79 Å². The second-order valence-electron chi connectivity index (χ2n) is 7.34. The van der Waals surface area contributed by atoms with Crippen LogP contribution in [-0.2, 0) is 9.53 Å². The highest BCUT2D eigenvalue weighted by Crippen LogP contribution is 2.41. The van der Waals surface area contributed by atoms with Crippen molar-refractivity contribution in [1.29, 1.82) is 0 Å². The molecule has 1 amide bonds. The van der Waals surface area contributed by atoms with E-state index < -0.39 is 11.6 Å². The number of nitrogens with zero attached hydrogens (tertiary/aromatic N) is 1. The van der Waals surface area contributed by atoms with Crippen molar-refractivity contribution < 1.29 is 19.4 Å². The monoisotopic (exact) mass is 297 g/mol. The molecule has 1 heterocycles. The number of likely N-dealkylation sites (tertiary alicyclic amines) is 1. The van der Waals surface area contributed by atoms with Crippen LogP contribution in [0.5, 0.6) is 0 Å². The van der Waals surface area contributed by atoms with Crippen molar-refractivity contribution in [2.45, 2.75) is 58.5 Å². The molecule has 0 aromatic heterocycles. The molecule has 1 aliphatic carbocycles. The fraction of sp³-hybridized carbons (Fsp3) is 0.875. The Balaban J connectivity index is 1.86. The molecule has 2 aliphatic rings. The van der Waals surface area contributed by atoms with Crippen LogP contribution in [0.2, 0.25) is 0 Å². The van der Waals surface area contributed by atoms with E-state index >= 15 is 0 Å². The van der Waals surface area contributed by atoms with E-state index in [0.717, 1.165) is 32.1 Å². The predicted molar refractivity (Wildman–Crippen MR) is 79.0 cm³/mol. The van der Waals surface area contributed by atoms with Gasteiger partial charge in [0, 0.05) is 13.1 Å². The maximum absolute atomic E-state index is 12.0. The van der Waals surface area contributed by atoms with E-state index in [1.54, 1.807) is 4.90 Å². The zero-order valence-electron chi connectivity index (χ0n) is 13.3. The van der Waals surface area contributed by atoms with Gasteiger partial charge in [-0.15, -0.1) is 0 Å². The molecule has 0 aromatic carbocycles. The van der Waals surface area contributed by atoms with Gasteiger partial charge in [-0.05, 0) is 58.3 Å². The average molecular weight is 297 g/mol. The molecule has 0 radical (unpaired) electrons. The topological polar surface area (TPSA) is 66.8 Å². The molecule has 1 saturated heterocycles. The normalized spacial score (nSPS) is 27.7. The van der Waals surface area contributed by atoms with Crippen molar-refractivity contribution >= 4 is 12.1 Å². The number of carboxylic acid groups (broad SMARTS) is 1. The molecule has 1 saturated carbocycles. The summed E-state index contributed by atoms with van der Waals surface area (Å²) < 4.78 is 5.39. The van der Waals surface area contributed by atoms with E-state index in [1.165, 1.54) is 0 Å². The first-order valence-corrected chi connectivity index (χ1v) is 7.98. The lowest BCUT2D eigenvalue weighted by Crippen LogP contribution is -2.43. The number of ether oxygens (including phenoxy) is 1. The zero-order chi connectivity index (χ0) is 15.6. The van der Waals surface area contributed by atoms with E-state index in [1.807, 2.05) is 20.8 Å².